The summed E-state index contributed by atoms with van der Waals surface area (Å²) in [6.07, 6.45) is 20.5. The summed E-state index contributed by atoms with van der Waals surface area (Å²) in [6, 6.07) is 0. The second kappa shape index (κ2) is 14.8. The fourth-order valence-electron chi connectivity index (χ4n) is 3.57. The Morgan fingerprint density at radius 1 is 0.792 bits per heavy atom. The molecule has 2 nitrogen and oxygen atoms in total. The molecule has 142 valence electrons. The van der Waals surface area contributed by atoms with Crippen LogP contribution in [0.15, 0.2) is 11.3 Å². The highest BCUT2D eigenvalue weighted by Gasteiger charge is 2.20. The minimum absolute atomic E-state index is 0.258. The quantitative estimate of drug-likeness (QED) is 0.314. The van der Waals surface area contributed by atoms with Crippen LogP contribution in [0.4, 0.5) is 0 Å². The smallest absolute Gasteiger partial charge is 0.0963 e. The fourth-order valence-corrected chi connectivity index (χ4v) is 3.57. The molecule has 0 saturated heterocycles. The van der Waals surface area contributed by atoms with Crippen molar-refractivity contribution in [2.45, 2.75) is 123 Å². The molecule has 1 atom stereocenters. The van der Waals surface area contributed by atoms with Crippen molar-refractivity contribution in [2.75, 3.05) is 6.61 Å². The molecule has 0 spiro atoms. The van der Waals surface area contributed by atoms with Crippen LogP contribution < -0.4 is 0 Å². The van der Waals surface area contributed by atoms with Crippen LogP contribution in [-0.4, -0.2) is 17.8 Å². The number of unbranched alkanes of at least 4 members (excludes halogenated alkanes) is 11. The van der Waals surface area contributed by atoms with Crippen molar-refractivity contribution in [1.29, 1.82) is 0 Å². The lowest BCUT2D eigenvalue weighted by atomic mass is 9.98. The molecule has 0 saturated carbocycles. The van der Waals surface area contributed by atoms with E-state index in [4.69, 9.17) is 4.74 Å². The highest BCUT2D eigenvalue weighted by molar-refractivity contribution is 5.11. The number of hydrogen-bond donors (Lipinski definition) is 1. The Kier molecular flexibility index (Phi) is 13.3. The molecule has 1 heterocycles. The molecule has 0 aromatic rings. The monoisotopic (exact) mass is 338 g/mol. The van der Waals surface area contributed by atoms with Crippen molar-refractivity contribution < 1.29 is 9.84 Å². The summed E-state index contributed by atoms with van der Waals surface area (Å²) in [5.74, 6) is 0.638. The number of rotatable bonds is 15. The van der Waals surface area contributed by atoms with E-state index in [-0.39, 0.29) is 6.10 Å². The molecule has 0 aromatic heterocycles. The lowest BCUT2D eigenvalue weighted by Crippen LogP contribution is -2.22. The normalized spacial score (nSPS) is 18.3. The van der Waals surface area contributed by atoms with E-state index >= 15 is 0 Å². The summed E-state index contributed by atoms with van der Waals surface area (Å²) < 4.78 is 5.97. The van der Waals surface area contributed by atoms with E-state index in [0.717, 1.165) is 24.8 Å². The van der Waals surface area contributed by atoms with E-state index in [1.807, 2.05) is 0 Å². The summed E-state index contributed by atoms with van der Waals surface area (Å²) >= 11 is 0. The van der Waals surface area contributed by atoms with Crippen molar-refractivity contribution in [3.63, 3.8) is 0 Å². The summed E-state index contributed by atoms with van der Waals surface area (Å²) in [5, 5.41) is 10.2. The lowest BCUT2D eigenvalue weighted by Gasteiger charge is -2.25. The number of hydrogen-bond acceptors (Lipinski definition) is 2. The van der Waals surface area contributed by atoms with Gasteiger partial charge in [0.1, 0.15) is 0 Å². The third kappa shape index (κ3) is 10.4. The van der Waals surface area contributed by atoms with E-state index in [9.17, 15) is 5.11 Å². The van der Waals surface area contributed by atoms with Crippen LogP contribution in [0.3, 0.4) is 0 Å². The van der Waals surface area contributed by atoms with Crippen molar-refractivity contribution in [1.82, 2.24) is 0 Å². The van der Waals surface area contributed by atoms with Crippen LogP contribution in [0.25, 0.3) is 0 Å². The molecular formula is C22H42O2. The molecule has 1 N–H and O–H groups in total. The van der Waals surface area contributed by atoms with E-state index < -0.39 is 0 Å². The maximum atomic E-state index is 10.2. The van der Waals surface area contributed by atoms with Gasteiger partial charge in [-0.1, -0.05) is 90.9 Å². The number of aliphatic hydroxyl groups excluding tert-OH is 1. The molecule has 0 radical (unpaired) electrons. The van der Waals surface area contributed by atoms with E-state index in [0.29, 0.717) is 12.4 Å². The van der Waals surface area contributed by atoms with Gasteiger partial charge in [0.2, 0.25) is 0 Å². The first kappa shape index (κ1) is 21.5. The van der Waals surface area contributed by atoms with E-state index in [2.05, 4.69) is 13.8 Å². The summed E-state index contributed by atoms with van der Waals surface area (Å²) in [4.78, 5) is 0. The minimum atomic E-state index is 0.258. The molecule has 0 aromatic carbocycles. The maximum absolute atomic E-state index is 10.2. The van der Waals surface area contributed by atoms with Gasteiger partial charge in [0, 0.05) is 6.42 Å². The molecule has 1 aliphatic rings. The number of ether oxygens (including phenoxy) is 1. The predicted molar refractivity (Wildman–Crippen MR) is 105 cm³/mol. The van der Waals surface area contributed by atoms with Crippen LogP contribution in [0.5, 0.6) is 0 Å². The topological polar surface area (TPSA) is 29.5 Å². The van der Waals surface area contributed by atoms with Gasteiger partial charge < -0.3 is 9.84 Å². The van der Waals surface area contributed by atoms with Crippen LogP contribution in [0.1, 0.15) is 117 Å². The third-order valence-corrected chi connectivity index (χ3v) is 5.28. The summed E-state index contributed by atoms with van der Waals surface area (Å²) in [7, 11) is 0. The summed E-state index contributed by atoms with van der Waals surface area (Å²) in [6.45, 7) is 5.17. The van der Waals surface area contributed by atoms with E-state index in [1.54, 1.807) is 0 Å². The zero-order chi connectivity index (χ0) is 17.5. The highest BCUT2D eigenvalue weighted by Crippen LogP contribution is 2.26. The molecule has 24 heavy (non-hydrogen) atoms. The molecule has 1 rings (SSSR count). The van der Waals surface area contributed by atoms with Crippen LogP contribution in [0.2, 0.25) is 0 Å². The SMILES string of the molecule is CCCCCCCCCCC[C@@H]1CC(O)=C(CCCCCC)CO1. The molecule has 0 amide bonds. The molecule has 0 aliphatic carbocycles. The Morgan fingerprint density at radius 3 is 1.92 bits per heavy atom. The van der Waals surface area contributed by atoms with Crippen LogP contribution >= 0.6 is 0 Å². The highest BCUT2D eigenvalue weighted by atomic mass is 16.5. The van der Waals surface area contributed by atoms with Gasteiger partial charge in [-0.15, -0.1) is 0 Å². The predicted octanol–water partition coefficient (Wildman–Crippen LogP) is 7.48. The van der Waals surface area contributed by atoms with Gasteiger partial charge in [-0.2, -0.15) is 0 Å². The molecular weight excluding hydrogens is 296 g/mol. The second-order valence-electron chi connectivity index (χ2n) is 7.62. The van der Waals surface area contributed by atoms with Crippen molar-refractivity contribution in [3.05, 3.63) is 11.3 Å². The average molecular weight is 339 g/mol. The Balaban J connectivity index is 2.01. The third-order valence-electron chi connectivity index (χ3n) is 5.28. The molecule has 1 aliphatic heterocycles. The van der Waals surface area contributed by atoms with Gasteiger partial charge in [0.05, 0.1) is 18.5 Å². The standard InChI is InChI=1S/C22H42O2/c1-3-5-7-9-10-11-12-13-15-17-21-18-22(23)20(19-24-21)16-14-8-6-4-2/h21,23H,3-19H2,1-2H3/t21-/m1/s1. The molecule has 0 fully saturated rings. The number of aliphatic hydroxyl groups is 1. The Hall–Kier alpha value is -0.500. The van der Waals surface area contributed by atoms with Crippen molar-refractivity contribution in [2.24, 2.45) is 0 Å². The molecule has 0 unspecified atom stereocenters. The molecule has 0 bridgehead atoms. The van der Waals surface area contributed by atoms with E-state index in [1.165, 1.54) is 83.5 Å². The van der Waals surface area contributed by atoms with Gasteiger partial charge in [0.25, 0.3) is 0 Å². The largest absolute Gasteiger partial charge is 0.512 e. The average Bonchev–Trinajstić information content (AvgIpc) is 2.59. The minimum Gasteiger partial charge on any atom is -0.512 e. The zero-order valence-electron chi connectivity index (χ0n) is 16.5. The van der Waals surface area contributed by atoms with Gasteiger partial charge in [-0.3, -0.25) is 0 Å². The Morgan fingerprint density at radius 2 is 1.33 bits per heavy atom. The Bertz CT molecular complexity index is 322. The first-order valence-corrected chi connectivity index (χ1v) is 10.8. The zero-order valence-corrected chi connectivity index (χ0v) is 16.5. The van der Waals surface area contributed by atoms with Crippen LogP contribution in [-0.2, 0) is 4.74 Å². The Labute approximate surface area is 151 Å². The second-order valence-corrected chi connectivity index (χ2v) is 7.62. The van der Waals surface area contributed by atoms with Gasteiger partial charge >= 0.3 is 0 Å². The van der Waals surface area contributed by atoms with Gasteiger partial charge in [-0.05, 0) is 24.8 Å². The fraction of sp³-hybridized carbons (Fsp3) is 0.909. The lowest BCUT2D eigenvalue weighted by molar-refractivity contribution is 0.0348. The molecule has 2 heteroatoms. The first-order chi connectivity index (χ1) is 11.8. The van der Waals surface area contributed by atoms with Crippen molar-refractivity contribution in [3.8, 4) is 0 Å². The van der Waals surface area contributed by atoms with Crippen molar-refractivity contribution >= 4 is 0 Å². The summed E-state index contributed by atoms with van der Waals surface area (Å²) in [5.41, 5.74) is 1.16. The first-order valence-electron chi connectivity index (χ1n) is 10.8. The van der Waals surface area contributed by atoms with Gasteiger partial charge in [0.15, 0.2) is 0 Å². The van der Waals surface area contributed by atoms with Gasteiger partial charge in [-0.25, -0.2) is 0 Å². The van der Waals surface area contributed by atoms with Crippen LogP contribution in [0, 0.1) is 0 Å². The maximum Gasteiger partial charge on any atom is 0.0963 e.